The van der Waals surface area contributed by atoms with Gasteiger partial charge < -0.3 is 19.6 Å². The van der Waals surface area contributed by atoms with Crippen LogP contribution in [0.1, 0.15) is 34.9 Å². The van der Waals surface area contributed by atoms with E-state index in [-0.39, 0.29) is 23.6 Å². The van der Waals surface area contributed by atoms with Gasteiger partial charge in [0.1, 0.15) is 17.7 Å². The molecule has 2 aliphatic rings. The van der Waals surface area contributed by atoms with Gasteiger partial charge in [0.2, 0.25) is 0 Å². The predicted octanol–water partition coefficient (Wildman–Crippen LogP) is 3.35. The summed E-state index contributed by atoms with van der Waals surface area (Å²) >= 11 is 0. The minimum absolute atomic E-state index is 0.166. The summed E-state index contributed by atoms with van der Waals surface area (Å²) in [6, 6.07) is 11.6. The van der Waals surface area contributed by atoms with Crippen LogP contribution in [0.15, 0.2) is 42.5 Å². The number of carbonyl (C=O) groups excluding carboxylic acids is 1. The lowest BCUT2D eigenvalue weighted by molar-refractivity contribution is -0.0229. The van der Waals surface area contributed by atoms with Crippen molar-refractivity contribution in [1.82, 2.24) is 4.90 Å². The van der Waals surface area contributed by atoms with Gasteiger partial charge in [-0.2, -0.15) is 0 Å². The van der Waals surface area contributed by atoms with Gasteiger partial charge in [-0.05, 0) is 48.7 Å². The largest absolute Gasteiger partial charge is 0.508 e. The molecule has 0 aliphatic carbocycles. The van der Waals surface area contributed by atoms with Crippen LogP contribution in [0.3, 0.4) is 0 Å². The van der Waals surface area contributed by atoms with Gasteiger partial charge >= 0.3 is 0 Å². The first kappa shape index (κ1) is 17.8. The summed E-state index contributed by atoms with van der Waals surface area (Å²) in [6.45, 7) is 2.96. The average molecular weight is 370 g/mol. The Bertz CT molecular complexity index is 836. The van der Waals surface area contributed by atoms with E-state index in [0.717, 1.165) is 31.5 Å². The maximum atomic E-state index is 14.6. The van der Waals surface area contributed by atoms with Crippen molar-refractivity contribution in [3.8, 4) is 5.75 Å². The van der Waals surface area contributed by atoms with Crippen LogP contribution in [0.25, 0.3) is 0 Å². The van der Waals surface area contributed by atoms with E-state index in [4.69, 9.17) is 4.74 Å². The highest BCUT2D eigenvalue weighted by Crippen LogP contribution is 2.28. The second-order valence-electron chi connectivity index (χ2n) is 7.07. The molecule has 1 amide bonds. The van der Waals surface area contributed by atoms with Gasteiger partial charge in [-0.3, -0.25) is 4.79 Å². The number of hydrogen-bond acceptors (Lipinski definition) is 4. The number of nitrogens with zero attached hydrogens (tertiary/aromatic N) is 2. The molecule has 1 N–H and O–H groups in total. The van der Waals surface area contributed by atoms with Crippen LogP contribution in [-0.4, -0.2) is 48.7 Å². The molecule has 27 heavy (non-hydrogen) atoms. The number of rotatable bonds is 3. The molecule has 2 heterocycles. The Morgan fingerprint density at radius 3 is 2.67 bits per heavy atom. The van der Waals surface area contributed by atoms with Crippen molar-refractivity contribution >= 4 is 11.6 Å². The molecule has 1 unspecified atom stereocenters. The molecule has 2 aromatic carbocycles. The van der Waals surface area contributed by atoms with E-state index in [0.29, 0.717) is 30.9 Å². The highest BCUT2D eigenvalue weighted by molar-refractivity contribution is 5.94. The molecule has 142 valence electrons. The van der Waals surface area contributed by atoms with Crippen molar-refractivity contribution in [2.45, 2.75) is 18.9 Å². The van der Waals surface area contributed by atoms with Gasteiger partial charge in [0.15, 0.2) is 0 Å². The SMILES string of the molecule is O=C(c1ccc(N2CCCC2)c(F)c1)N1CCOC(c2cccc(O)c2)C1. The van der Waals surface area contributed by atoms with Crippen LogP contribution in [0.2, 0.25) is 0 Å². The summed E-state index contributed by atoms with van der Waals surface area (Å²) in [6.07, 6.45) is 1.85. The van der Waals surface area contributed by atoms with E-state index in [1.165, 1.54) is 6.07 Å². The van der Waals surface area contributed by atoms with Crippen LogP contribution < -0.4 is 4.90 Å². The zero-order chi connectivity index (χ0) is 18.8. The number of anilines is 1. The Labute approximate surface area is 158 Å². The lowest BCUT2D eigenvalue weighted by Crippen LogP contribution is -2.42. The first-order valence-electron chi connectivity index (χ1n) is 9.36. The highest BCUT2D eigenvalue weighted by atomic mass is 19.1. The maximum Gasteiger partial charge on any atom is 0.254 e. The number of benzene rings is 2. The lowest BCUT2D eigenvalue weighted by atomic mass is 10.1. The van der Waals surface area contributed by atoms with Crippen molar-refractivity contribution in [2.24, 2.45) is 0 Å². The molecule has 2 fully saturated rings. The number of phenolic OH excluding ortho intramolecular Hbond substituents is 1. The molecule has 0 aromatic heterocycles. The third-order valence-corrected chi connectivity index (χ3v) is 5.24. The molecule has 0 saturated carbocycles. The Kier molecular flexibility index (Phi) is 4.99. The zero-order valence-electron chi connectivity index (χ0n) is 15.1. The number of aromatic hydroxyl groups is 1. The Balaban J connectivity index is 1.49. The number of halogens is 1. The van der Waals surface area contributed by atoms with Crippen LogP contribution in [-0.2, 0) is 4.74 Å². The molecule has 6 heteroatoms. The first-order chi connectivity index (χ1) is 13.1. The van der Waals surface area contributed by atoms with Crippen LogP contribution in [0.4, 0.5) is 10.1 Å². The number of carbonyl (C=O) groups is 1. The molecule has 2 aromatic rings. The number of hydrogen-bond donors (Lipinski definition) is 1. The number of amides is 1. The number of phenols is 1. The first-order valence-corrected chi connectivity index (χ1v) is 9.36. The van der Waals surface area contributed by atoms with E-state index < -0.39 is 0 Å². The molecule has 2 saturated heterocycles. The molecule has 4 rings (SSSR count). The second-order valence-corrected chi connectivity index (χ2v) is 7.07. The Morgan fingerprint density at radius 1 is 1.11 bits per heavy atom. The van der Waals surface area contributed by atoms with Crippen molar-refractivity contribution in [3.05, 3.63) is 59.4 Å². The average Bonchev–Trinajstić information content (AvgIpc) is 3.22. The van der Waals surface area contributed by atoms with Gasteiger partial charge in [-0.25, -0.2) is 4.39 Å². The highest BCUT2D eigenvalue weighted by Gasteiger charge is 2.27. The fourth-order valence-electron chi connectivity index (χ4n) is 3.80. The molecule has 0 spiro atoms. The summed E-state index contributed by atoms with van der Waals surface area (Å²) in [5.74, 6) is -0.380. The summed E-state index contributed by atoms with van der Waals surface area (Å²) in [5, 5.41) is 9.66. The Morgan fingerprint density at radius 2 is 1.93 bits per heavy atom. The second kappa shape index (κ2) is 7.56. The van der Waals surface area contributed by atoms with Crippen molar-refractivity contribution in [3.63, 3.8) is 0 Å². The normalized spacial score (nSPS) is 20.1. The molecular formula is C21H23FN2O3. The molecule has 0 radical (unpaired) electrons. The lowest BCUT2D eigenvalue weighted by Gasteiger charge is -2.33. The van der Waals surface area contributed by atoms with Gasteiger partial charge in [0.05, 0.1) is 18.8 Å². The zero-order valence-corrected chi connectivity index (χ0v) is 15.1. The standard InChI is InChI=1S/C21H23FN2O3/c22-18-13-16(6-7-19(18)23-8-1-2-9-23)21(26)24-10-11-27-20(14-24)15-4-3-5-17(25)12-15/h3-7,12-13,20,25H,1-2,8-11,14H2. The molecular weight excluding hydrogens is 347 g/mol. The molecule has 0 bridgehead atoms. The van der Waals surface area contributed by atoms with Crippen molar-refractivity contribution < 1.29 is 19.0 Å². The summed E-state index contributed by atoms with van der Waals surface area (Å²) in [7, 11) is 0. The van der Waals surface area contributed by atoms with E-state index in [2.05, 4.69) is 0 Å². The molecule has 1 atom stereocenters. The van der Waals surface area contributed by atoms with Crippen molar-refractivity contribution in [1.29, 1.82) is 0 Å². The van der Waals surface area contributed by atoms with E-state index in [9.17, 15) is 14.3 Å². The molecule has 2 aliphatic heterocycles. The Hall–Kier alpha value is -2.60. The van der Waals surface area contributed by atoms with Gasteiger partial charge in [-0.1, -0.05) is 12.1 Å². The minimum Gasteiger partial charge on any atom is -0.508 e. The monoisotopic (exact) mass is 370 g/mol. The van der Waals surface area contributed by atoms with Crippen LogP contribution in [0.5, 0.6) is 5.75 Å². The van der Waals surface area contributed by atoms with E-state index in [1.54, 1.807) is 35.2 Å². The summed E-state index contributed by atoms with van der Waals surface area (Å²) < 4.78 is 20.3. The third kappa shape index (κ3) is 3.76. The van der Waals surface area contributed by atoms with Crippen LogP contribution >= 0.6 is 0 Å². The number of ether oxygens (including phenoxy) is 1. The predicted molar refractivity (Wildman–Crippen MR) is 101 cm³/mol. The quantitative estimate of drug-likeness (QED) is 0.900. The van der Waals surface area contributed by atoms with Gasteiger partial charge in [-0.15, -0.1) is 0 Å². The topological polar surface area (TPSA) is 53.0 Å². The number of morpholine rings is 1. The summed E-state index contributed by atoms with van der Waals surface area (Å²) in [5.41, 5.74) is 1.75. The summed E-state index contributed by atoms with van der Waals surface area (Å²) in [4.78, 5) is 16.6. The fourth-order valence-corrected chi connectivity index (χ4v) is 3.80. The van der Waals surface area contributed by atoms with Crippen molar-refractivity contribution in [2.75, 3.05) is 37.7 Å². The van der Waals surface area contributed by atoms with E-state index in [1.807, 2.05) is 11.0 Å². The molecule has 5 nitrogen and oxygen atoms in total. The maximum absolute atomic E-state index is 14.6. The third-order valence-electron chi connectivity index (χ3n) is 5.24. The minimum atomic E-state index is -0.347. The fraction of sp³-hybridized carbons (Fsp3) is 0.381. The smallest absolute Gasteiger partial charge is 0.254 e. The van der Waals surface area contributed by atoms with Gasteiger partial charge in [0.25, 0.3) is 5.91 Å². The van der Waals surface area contributed by atoms with Gasteiger partial charge in [0, 0.05) is 25.2 Å². The van der Waals surface area contributed by atoms with Crippen LogP contribution in [0, 0.1) is 5.82 Å². The van der Waals surface area contributed by atoms with E-state index >= 15 is 0 Å².